The van der Waals surface area contributed by atoms with Crippen LogP contribution in [0.4, 0.5) is 5.82 Å². The van der Waals surface area contributed by atoms with Gasteiger partial charge in [-0.15, -0.1) is 11.3 Å². The molecule has 2 N–H and O–H groups in total. The van der Waals surface area contributed by atoms with E-state index in [0.29, 0.717) is 17.5 Å². The molecule has 1 aliphatic heterocycles. The van der Waals surface area contributed by atoms with Crippen molar-refractivity contribution in [2.75, 3.05) is 32.6 Å². The summed E-state index contributed by atoms with van der Waals surface area (Å²) in [6.45, 7) is 2.01. The smallest absolute Gasteiger partial charge is 0.225 e. The van der Waals surface area contributed by atoms with Crippen LogP contribution in [-0.2, 0) is 0 Å². The highest BCUT2D eigenvalue weighted by Gasteiger charge is 2.20. The van der Waals surface area contributed by atoms with Gasteiger partial charge in [0.05, 0.1) is 19.6 Å². The van der Waals surface area contributed by atoms with Crippen molar-refractivity contribution in [2.45, 2.75) is 18.9 Å². The van der Waals surface area contributed by atoms with Crippen LogP contribution in [0.25, 0.3) is 21.3 Å². The zero-order valence-corrected chi connectivity index (χ0v) is 16.8. The molecule has 1 aromatic carbocycles. The Hall–Kier alpha value is -2.09. The van der Waals surface area contributed by atoms with E-state index >= 15 is 0 Å². The van der Waals surface area contributed by atoms with Crippen LogP contribution in [0.15, 0.2) is 23.6 Å². The third-order valence-electron chi connectivity index (χ3n) is 4.78. The molecule has 3 heterocycles. The van der Waals surface area contributed by atoms with Crippen molar-refractivity contribution in [1.82, 2.24) is 15.3 Å². The highest BCUT2D eigenvalue weighted by atomic mass is 35.5. The fourth-order valence-electron chi connectivity index (χ4n) is 3.40. The van der Waals surface area contributed by atoms with E-state index in [1.54, 1.807) is 25.6 Å². The number of halogens is 1. The van der Waals surface area contributed by atoms with Crippen molar-refractivity contribution in [2.24, 2.45) is 0 Å². The summed E-state index contributed by atoms with van der Waals surface area (Å²) >= 11 is 7.74. The fourth-order valence-corrected chi connectivity index (χ4v) is 4.56. The van der Waals surface area contributed by atoms with Crippen molar-refractivity contribution >= 4 is 39.0 Å². The van der Waals surface area contributed by atoms with Gasteiger partial charge in [0.25, 0.3) is 0 Å². The van der Waals surface area contributed by atoms with Gasteiger partial charge in [0.15, 0.2) is 11.5 Å². The molecule has 0 spiro atoms. The van der Waals surface area contributed by atoms with Crippen LogP contribution in [0.3, 0.4) is 0 Å². The number of nitrogens with one attached hydrogen (secondary N) is 2. The first kappa shape index (κ1) is 18.3. The minimum Gasteiger partial charge on any atom is -0.493 e. The number of nitrogens with zero attached hydrogens (tertiary/aromatic N) is 2. The number of methoxy groups -OCH3 is 2. The van der Waals surface area contributed by atoms with E-state index in [0.717, 1.165) is 53.1 Å². The Morgan fingerprint density at radius 2 is 1.93 bits per heavy atom. The van der Waals surface area contributed by atoms with Gasteiger partial charge in [0.1, 0.15) is 10.6 Å². The second kappa shape index (κ2) is 7.88. The van der Waals surface area contributed by atoms with Crippen molar-refractivity contribution in [3.05, 3.63) is 28.9 Å². The Labute approximate surface area is 166 Å². The maximum Gasteiger partial charge on any atom is 0.225 e. The molecule has 8 heteroatoms. The highest BCUT2D eigenvalue weighted by Crippen LogP contribution is 2.40. The average molecular weight is 405 g/mol. The van der Waals surface area contributed by atoms with Gasteiger partial charge in [0.2, 0.25) is 5.28 Å². The average Bonchev–Trinajstić information content (AvgIpc) is 3.12. The Morgan fingerprint density at radius 3 is 2.67 bits per heavy atom. The molecule has 0 unspecified atom stereocenters. The van der Waals surface area contributed by atoms with E-state index in [4.69, 9.17) is 21.1 Å². The molecular weight excluding hydrogens is 384 g/mol. The van der Waals surface area contributed by atoms with Gasteiger partial charge in [-0.1, -0.05) is 6.07 Å². The van der Waals surface area contributed by atoms with E-state index in [1.165, 1.54) is 0 Å². The SMILES string of the molecule is COc1ccc(-c2csc3nc(Cl)nc(NC4CCNCC4)c23)cc1OC. The van der Waals surface area contributed by atoms with Crippen molar-refractivity contribution in [3.63, 3.8) is 0 Å². The Bertz CT molecular complexity index is 956. The number of anilines is 1. The summed E-state index contributed by atoms with van der Waals surface area (Å²) in [5, 5.41) is 10.3. The molecule has 6 nitrogen and oxygen atoms in total. The molecular formula is C19H21ClN4O2S. The predicted octanol–water partition coefficient (Wildman–Crippen LogP) is 4.19. The summed E-state index contributed by atoms with van der Waals surface area (Å²) in [5.74, 6) is 2.19. The number of fused-ring (bicyclic) bond motifs is 1. The zero-order valence-electron chi connectivity index (χ0n) is 15.2. The third-order valence-corrected chi connectivity index (χ3v) is 5.82. The molecule has 0 saturated carbocycles. The molecule has 142 valence electrons. The van der Waals surface area contributed by atoms with Gasteiger partial charge in [-0.05, 0) is 55.2 Å². The van der Waals surface area contributed by atoms with Crippen LogP contribution >= 0.6 is 22.9 Å². The summed E-state index contributed by atoms with van der Waals surface area (Å²) < 4.78 is 10.8. The number of rotatable bonds is 5. The largest absolute Gasteiger partial charge is 0.493 e. The minimum atomic E-state index is 0.264. The van der Waals surface area contributed by atoms with Crippen LogP contribution in [0.5, 0.6) is 11.5 Å². The van der Waals surface area contributed by atoms with E-state index in [-0.39, 0.29) is 5.28 Å². The molecule has 0 bridgehead atoms. The van der Waals surface area contributed by atoms with Gasteiger partial charge in [-0.2, -0.15) is 0 Å². The second-order valence-electron chi connectivity index (χ2n) is 6.41. The number of ether oxygens (including phenoxy) is 2. The maximum atomic E-state index is 6.18. The van der Waals surface area contributed by atoms with E-state index < -0.39 is 0 Å². The quantitative estimate of drug-likeness (QED) is 0.621. The van der Waals surface area contributed by atoms with Gasteiger partial charge >= 0.3 is 0 Å². The lowest BCUT2D eigenvalue weighted by molar-refractivity contribution is 0.355. The van der Waals surface area contributed by atoms with Gasteiger partial charge in [0, 0.05) is 17.0 Å². The van der Waals surface area contributed by atoms with Gasteiger partial charge in [-0.3, -0.25) is 0 Å². The summed E-state index contributed by atoms with van der Waals surface area (Å²) in [6, 6.07) is 6.28. The zero-order chi connectivity index (χ0) is 18.8. The van der Waals surface area contributed by atoms with E-state index in [2.05, 4.69) is 26.0 Å². The molecule has 4 rings (SSSR count). The number of thiophene rings is 1. The molecule has 3 aromatic rings. The van der Waals surface area contributed by atoms with E-state index in [1.807, 2.05) is 18.2 Å². The van der Waals surface area contributed by atoms with Crippen LogP contribution in [0.2, 0.25) is 5.28 Å². The van der Waals surface area contributed by atoms with Crippen molar-refractivity contribution < 1.29 is 9.47 Å². The summed E-state index contributed by atoms with van der Waals surface area (Å²) in [4.78, 5) is 9.79. The number of aromatic nitrogens is 2. The first-order valence-corrected chi connectivity index (χ1v) is 10.1. The van der Waals surface area contributed by atoms with Crippen molar-refractivity contribution in [1.29, 1.82) is 0 Å². The monoisotopic (exact) mass is 404 g/mol. The first-order chi connectivity index (χ1) is 13.2. The lowest BCUT2D eigenvalue weighted by Crippen LogP contribution is -2.35. The third kappa shape index (κ3) is 3.67. The molecule has 1 fully saturated rings. The standard InChI is InChI=1S/C19H21ClN4O2S/c1-25-14-4-3-11(9-15(14)26-2)13-10-27-18-16(13)17(23-19(20)24-18)22-12-5-7-21-8-6-12/h3-4,9-10,12,21H,5-8H2,1-2H3,(H,22,23,24). The van der Waals surface area contributed by atoms with Crippen LogP contribution < -0.4 is 20.1 Å². The minimum absolute atomic E-state index is 0.264. The predicted molar refractivity (Wildman–Crippen MR) is 110 cm³/mol. The van der Waals surface area contributed by atoms with Crippen LogP contribution in [0.1, 0.15) is 12.8 Å². The van der Waals surface area contributed by atoms with Crippen molar-refractivity contribution in [3.8, 4) is 22.6 Å². The maximum absolute atomic E-state index is 6.18. The molecule has 0 radical (unpaired) electrons. The number of hydrogen-bond donors (Lipinski definition) is 2. The Balaban J connectivity index is 1.79. The number of benzene rings is 1. The van der Waals surface area contributed by atoms with Gasteiger partial charge in [-0.25, -0.2) is 9.97 Å². The lowest BCUT2D eigenvalue weighted by Gasteiger charge is -2.24. The lowest BCUT2D eigenvalue weighted by atomic mass is 10.0. The summed E-state index contributed by atoms with van der Waals surface area (Å²) in [7, 11) is 3.27. The molecule has 0 aliphatic carbocycles. The second-order valence-corrected chi connectivity index (χ2v) is 7.61. The molecule has 27 heavy (non-hydrogen) atoms. The molecule has 1 saturated heterocycles. The summed E-state index contributed by atoms with van der Waals surface area (Å²) in [5.41, 5.74) is 2.09. The molecule has 1 aliphatic rings. The molecule has 2 aromatic heterocycles. The van der Waals surface area contributed by atoms with Crippen LogP contribution in [0, 0.1) is 0 Å². The molecule has 0 amide bonds. The summed E-state index contributed by atoms with van der Waals surface area (Å²) in [6.07, 6.45) is 2.11. The van der Waals surface area contributed by atoms with Gasteiger partial charge < -0.3 is 20.1 Å². The Morgan fingerprint density at radius 1 is 1.15 bits per heavy atom. The normalized spacial score (nSPS) is 15.1. The fraction of sp³-hybridized carbons (Fsp3) is 0.368. The Kier molecular flexibility index (Phi) is 5.33. The number of piperidine rings is 1. The molecule has 0 atom stereocenters. The topological polar surface area (TPSA) is 68.3 Å². The number of hydrogen-bond acceptors (Lipinski definition) is 7. The highest BCUT2D eigenvalue weighted by molar-refractivity contribution is 7.17. The van der Waals surface area contributed by atoms with E-state index in [9.17, 15) is 0 Å². The van der Waals surface area contributed by atoms with Crippen LogP contribution in [-0.4, -0.2) is 43.3 Å². The first-order valence-electron chi connectivity index (χ1n) is 8.84.